The molecule has 1 heterocycles. The number of pyridine rings is 1. The lowest BCUT2D eigenvalue weighted by Gasteiger charge is -2.13. The van der Waals surface area contributed by atoms with Crippen molar-refractivity contribution >= 4 is 29.1 Å². The maximum absolute atomic E-state index is 10.7. The van der Waals surface area contributed by atoms with Gasteiger partial charge in [-0.25, -0.2) is 4.98 Å². The number of hydrogen-bond acceptors (Lipinski definition) is 6. The van der Waals surface area contributed by atoms with E-state index in [1.807, 2.05) is 11.8 Å². The first kappa shape index (κ1) is 12.9. The SMILES string of the molecule is CSC1CCC(Nc2cc([N+](=O)[O-])cc(N)n2)C1. The third-order valence-corrected chi connectivity index (χ3v) is 4.21. The van der Waals surface area contributed by atoms with E-state index in [2.05, 4.69) is 16.6 Å². The van der Waals surface area contributed by atoms with Gasteiger partial charge in [-0.05, 0) is 25.5 Å². The lowest BCUT2D eigenvalue weighted by molar-refractivity contribution is -0.384. The zero-order chi connectivity index (χ0) is 13.1. The Bertz CT molecular complexity index is 455. The summed E-state index contributed by atoms with van der Waals surface area (Å²) in [5.41, 5.74) is 5.54. The fraction of sp³-hybridized carbons (Fsp3) is 0.545. The molecule has 0 saturated heterocycles. The lowest BCUT2D eigenvalue weighted by Crippen LogP contribution is -2.17. The Morgan fingerprint density at radius 2 is 2.33 bits per heavy atom. The van der Waals surface area contributed by atoms with Crippen LogP contribution in [0.1, 0.15) is 19.3 Å². The van der Waals surface area contributed by atoms with E-state index in [1.165, 1.54) is 18.6 Å². The quantitative estimate of drug-likeness (QED) is 0.642. The number of nitrogens with two attached hydrogens (primary N) is 1. The molecule has 98 valence electrons. The average Bonchev–Trinajstić information content (AvgIpc) is 2.76. The Labute approximate surface area is 110 Å². The molecular formula is C11H16N4O2S. The van der Waals surface area contributed by atoms with Crippen molar-refractivity contribution in [1.82, 2.24) is 4.98 Å². The van der Waals surface area contributed by atoms with Gasteiger partial charge in [-0.1, -0.05) is 0 Å². The summed E-state index contributed by atoms with van der Waals surface area (Å²) in [6.07, 6.45) is 5.40. The van der Waals surface area contributed by atoms with Gasteiger partial charge in [0.25, 0.3) is 5.69 Å². The highest BCUT2D eigenvalue weighted by atomic mass is 32.2. The van der Waals surface area contributed by atoms with Crippen molar-refractivity contribution in [2.45, 2.75) is 30.6 Å². The molecule has 6 nitrogen and oxygen atoms in total. The Hall–Kier alpha value is -1.50. The topological polar surface area (TPSA) is 94.1 Å². The minimum Gasteiger partial charge on any atom is -0.383 e. The summed E-state index contributed by atoms with van der Waals surface area (Å²) in [5.74, 6) is 0.666. The van der Waals surface area contributed by atoms with Gasteiger partial charge in [-0.3, -0.25) is 10.1 Å². The van der Waals surface area contributed by atoms with Gasteiger partial charge in [0.2, 0.25) is 0 Å². The molecule has 1 saturated carbocycles. The van der Waals surface area contributed by atoms with Crippen molar-refractivity contribution in [1.29, 1.82) is 0 Å². The molecule has 0 aliphatic heterocycles. The van der Waals surface area contributed by atoms with Crippen LogP contribution in [0.2, 0.25) is 0 Å². The molecule has 2 unspecified atom stereocenters. The Balaban J connectivity index is 2.07. The molecule has 18 heavy (non-hydrogen) atoms. The van der Waals surface area contributed by atoms with Gasteiger partial charge in [0.1, 0.15) is 11.6 Å². The maximum Gasteiger partial charge on any atom is 0.276 e. The maximum atomic E-state index is 10.7. The van der Waals surface area contributed by atoms with Gasteiger partial charge in [-0.2, -0.15) is 11.8 Å². The van der Waals surface area contributed by atoms with Crippen molar-refractivity contribution < 1.29 is 4.92 Å². The third-order valence-electron chi connectivity index (χ3n) is 3.11. The van der Waals surface area contributed by atoms with Crippen LogP contribution < -0.4 is 11.1 Å². The van der Waals surface area contributed by atoms with Gasteiger partial charge in [0.05, 0.1) is 17.1 Å². The molecule has 1 fully saturated rings. The molecule has 1 aromatic rings. The van der Waals surface area contributed by atoms with Crippen molar-refractivity contribution in [3.63, 3.8) is 0 Å². The van der Waals surface area contributed by atoms with E-state index in [9.17, 15) is 10.1 Å². The summed E-state index contributed by atoms with van der Waals surface area (Å²) < 4.78 is 0. The van der Waals surface area contributed by atoms with Crippen molar-refractivity contribution in [2.75, 3.05) is 17.3 Å². The van der Waals surface area contributed by atoms with Crippen LogP contribution in [0.5, 0.6) is 0 Å². The molecule has 2 rings (SSSR count). The molecule has 0 bridgehead atoms. The molecule has 0 aromatic carbocycles. The highest BCUT2D eigenvalue weighted by Crippen LogP contribution is 2.30. The Kier molecular flexibility index (Phi) is 3.90. The van der Waals surface area contributed by atoms with Crippen LogP contribution in [0.15, 0.2) is 12.1 Å². The number of nitrogen functional groups attached to an aromatic ring is 1. The normalized spacial score (nSPS) is 22.9. The first-order valence-corrected chi connectivity index (χ1v) is 7.08. The summed E-state index contributed by atoms with van der Waals surface area (Å²) in [7, 11) is 0. The highest BCUT2D eigenvalue weighted by molar-refractivity contribution is 7.99. The monoisotopic (exact) mass is 268 g/mol. The van der Waals surface area contributed by atoms with E-state index >= 15 is 0 Å². The number of nitro groups is 1. The molecule has 0 amide bonds. The summed E-state index contributed by atoms with van der Waals surface area (Å²) in [6.45, 7) is 0. The zero-order valence-corrected chi connectivity index (χ0v) is 10.9. The number of thioether (sulfide) groups is 1. The summed E-state index contributed by atoms with van der Waals surface area (Å²) in [4.78, 5) is 14.4. The molecule has 1 aliphatic carbocycles. The minimum atomic E-state index is -0.456. The van der Waals surface area contributed by atoms with E-state index in [0.29, 0.717) is 17.1 Å². The fourth-order valence-corrected chi connectivity index (χ4v) is 3.01. The zero-order valence-electron chi connectivity index (χ0n) is 10.1. The number of rotatable bonds is 4. The van der Waals surface area contributed by atoms with Crippen LogP contribution >= 0.6 is 11.8 Å². The predicted octanol–water partition coefficient (Wildman–Crippen LogP) is 2.27. The van der Waals surface area contributed by atoms with Crippen LogP contribution in [0.3, 0.4) is 0 Å². The van der Waals surface area contributed by atoms with E-state index in [0.717, 1.165) is 12.8 Å². The Morgan fingerprint density at radius 1 is 1.56 bits per heavy atom. The van der Waals surface area contributed by atoms with Gasteiger partial charge in [-0.15, -0.1) is 0 Å². The Morgan fingerprint density at radius 3 is 2.94 bits per heavy atom. The lowest BCUT2D eigenvalue weighted by atomic mass is 10.2. The van der Waals surface area contributed by atoms with E-state index < -0.39 is 4.92 Å². The van der Waals surface area contributed by atoms with Crippen LogP contribution in [-0.4, -0.2) is 27.5 Å². The minimum absolute atomic E-state index is 0.0237. The summed E-state index contributed by atoms with van der Waals surface area (Å²) in [5, 5.41) is 14.6. The van der Waals surface area contributed by atoms with Crippen LogP contribution in [0, 0.1) is 10.1 Å². The number of nitrogens with zero attached hydrogens (tertiary/aromatic N) is 2. The van der Waals surface area contributed by atoms with Crippen molar-refractivity contribution in [3.8, 4) is 0 Å². The number of hydrogen-bond donors (Lipinski definition) is 2. The van der Waals surface area contributed by atoms with Gasteiger partial charge in [0.15, 0.2) is 0 Å². The molecule has 1 aliphatic rings. The van der Waals surface area contributed by atoms with Crippen LogP contribution in [0.4, 0.5) is 17.3 Å². The molecule has 3 N–H and O–H groups in total. The summed E-state index contributed by atoms with van der Waals surface area (Å²) >= 11 is 1.86. The second-order valence-electron chi connectivity index (χ2n) is 4.40. The first-order chi connectivity index (χ1) is 8.58. The van der Waals surface area contributed by atoms with Crippen LogP contribution in [0.25, 0.3) is 0 Å². The van der Waals surface area contributed by atoms with Crippen molar-refractivity contribution in [2.24, 2.45) is 0 Å². The first-order valence-electron chi connectivity index (χ1n) is 5.79. The molecular weight excluding hydrogens is 252 g/mol. The number of aromatic nitrogens is 1. The second-order valence-corrected chi connectivity index (χ2v) is 5.54. The standard InChI is InChI=1S/C11H16N4O2S/c1-18-9-3-2-7(4-9)13-11-6-8(15(16)17)5-10(12)14-11/h5-7,9H,2-4H2,1H3,(H3,12,13,14). The van der Waals surface area contributed by atoms with Gasteiger partial charge >= 0.3 is 0 Å². The average molecular weight is 268 g/mol. The fourth-order valence-electron chi connectivity index (χ4n) is 2.21. The second kappa shape index (κ2) is 5.43. The van der Waals surface area contributed by atoms with E-state index in [4.69, 9.17) is 5.73 Å². The molecule has 2 atom stereocenters. The van der Waals surface area contributed by atoms with Gasteiger partial charge < -0.3 is 11.1 Å². The largest absolute Gasteiger partial charge is 0.383 e. The molecule has 1 aromatic heterocycles. The predicted molar refractivity (Wildman–Crippen MR) is 73.9 cm³/mol. The van der Waals surface area contributed by atoms with E-state index in [-0.39, 0.29) is 11.5 Å². The summed E-state index contributed by atoms with van der Waals surface area (Å²) in [6, 6.07) is 3.03. The van der Waals surface area contributed by atoms with Crippen molar-refractivity contribution in [3.05, 3.63) is 22.2 Å². The molecule has 0 spiro atoms. The number of anilines is 2. The highest BCUT2D eigenvalue weighted by Gasteiger charge is 2.24. The van der Waals surface area contributed by atoms with Gasteiger partial charge in [0, 0.05) is 11.3 Å². The third kappa shape index (κ3) is 3.04. The molecule has 0 radical (unpaired) electrons. The molecule has 7 heteroatoms. The van der Waals surface area contributed by atoms with Crippen LogP contribution in [-0.2, 0) is 0 Å². The van der Waals surface area contributed by atoms with E-state index in [1.54, 1.807) is 0 Å². The smallest absolute Gasteiger partial charge is 0.276 e. The number of nitrogens with one attached hydrogen (secondary N) is 1.